The van der Waals surface area contributed by atoms with E-state index in [9.17, 15) is 13.6 Å². The van der Waals surface area contributed by atoms with Gasteiger partial charge in [0.15, 0.2) is 16.8 Å². The van der Waals surface area contributed by atoms with Crippen LogP contribution in [0.25, 0.3) is 0 Å². The number of nitrogens with two attached hydrogens (primary N) is 1. The molecule has 1 aromatic heterocycles. The Balaban J connectivity index is 2.00. The highest BCUT2D eigenvalue weighted by molar-refractivity contribution is 7.15. The van der Waals surface area contributed by atoms with Gasteiger partial charge in [-0.05, 0) is 12.1 Å². The van der Waals surface area contributed by atoms with Gasteiger partial charge in [-0.25, -0.2) is 13.8 Å². The Morgan fingerprint density at radius 2 is 2.17 bits per heavy atom. The van der Waals surface area contributed by atoms with Gasteiger partial charge in [-0.1, -0.05) is 0 Å². The predicted molar refractivity (Wildman–Crippen MR) is 65.2 cm³/mol. The number of benzene rings is 1. The molecule has 4 nitrogen and oxygen atoms in total. The van der Waals surface area contributed by atoms with Crippen LogP contribution < -0.4 is 11.1 Å². The lowest BCUT2D eigenvalue weighted by atomic mass is 10.3. The zero-order valence-corrected chi connectivity index (χ0v) is 9.93. The SMILES string of the molecule is Nc1ncc(CC(=O)Nc2ccc(F)c(F)c2)s1. The third-order valence-corrected chi connectivity index (χ3v) is 2.94. The van der Waals surface area contributed by atoms with Gasteiger partial charge < -0.3 is 11.1 Å². The molecule has 0 unspecified atom stereocenters. The second-order valence-electron chi connectivity index (χ2n) is 3.52. The van der Waals surface area contributed by atoms with E-state index in [1.165, 1.54) is 23.6 Å². The summed E-state index contributed by atoms with van der Waals surface area (Å²) in [7, 11) is 0. The number of amides is 1. The van der Waals surface area contributed by atoms with E-state index in [-0.39, 0.29) is 18.0 Å². The van der Waals surface area contributed by atoms with Crippen molar-refractivity contribution in [3.63, 3.8) is 0 Å². The molecule has 0 bridgehead atoms. The van der Waals surface area contributed by atoms with Crippen molar-refractivity contribution < 1.29 is 13.6 Å². The van der Waals surface area contributed by atoms with Crippen LogP contribution in [0, 0.1) is 11.6 Å². The maximum Gasteiger partial charge on any atom is 0.229 e. The Labute approximate surface area is 105 Å². The van der Waals surface area contributed by atoms with Gasteiger partial charge in [0.05, 0.1) is 6.42 Å². The van der Waals surface area contributed by atoms with Crippen molar-refractivity contribution in [1.82, 2.24) is 4.98 Å². The third kappa shape index (κ3) is 3.01. The first-order valence-corrected chi connectivity index (χ1v) is 5.81. The summed E-state index contributed by atoms with van der Waals surface area (Å²) in [4.78, 5) is 16.1. The van der Waals surface area contributed by atoms with Crippen molar-refractivity contribution in [1.29, 1.82) is 0 Å². The van der Waals surface area contributed by atoms with E-state index in [2.05, 4.69) is 10.3 Å². The highest BCUT2D eigenvalue weighted by atomic mass is 32.1. The quantitative estimate of drug-likeness (QED) is 0.897. The van der Waals surface area contributed by atoms with Gasteiger partial charge in [0.25, 0.3) is 0 Å². The zero-order chi connectivity index (χ0) is 13.1. The average Bonchev–Trinajstić information content (AvgIpc) is 2.69. The number of thiazole rings is 1. The number of aromatic nitrogens is 1. The molecule has 3 N–H and O–H groups in total. The number of anilines is 2. The van der Waals surface area contributed by atoms with Crippen LogP contribution in [0.2, 0.25) is 0 Å². The van der Waals surface area contributed by atoms with E-state index in [4.69, 9.17) is 5.73 Å². The number of hydrogen-bond acceptors (Lipinski definition) is 4. The summed E-state index contributed by atoms with van der Waals surface area (Å²) in [5.41, 5.74) is 5.63. The maximum atomic E-state index is 12.9. The molecule has 0 saturated heterocycles. The van der Waals surface area contributed by atoms with Crippen LogP contribution in [0.15, 0.2) is 24.4 Å². The van der Waals surface area contributed by atoms with Gasteiger partial charge >= 0.3 is 0 Å². The Morgan fingerprint density at radius 1 is 1.39 bits per heavy atom. The molecule has 0 saturated carbocycles. The summed E-state index contributed by atoms with van der Waals surface area (Å²) in [6, 6.07) is 3.17. The number of halogens is 2. The number of carbonyl (C=O) groups excluding carboxylic acids is 1. The Morgan fingerprint density at radius 3 is 2.78 bits per heavy atom. The molecule has 7 heteroatoms. The summed E-state index contributed by atoms with van der Waals surface area (Å²) in [5.74, 6) is -2.30. The normalized spacial score (nSPS) is 10.3. The molecule has 0 fully saturated rings. The van der Waals surface area contributed by atoms with Crippen molar-refractivity contribution in [2.24, 2.45) is 0 Å². The van der Waals surface area contributed by atoms with Gasteiger partial charge in [0, 0.05) is 22.8 Å². The van der Waals surface area contributed by atoms with Crippen LogP contribution in [0.3, 0.4) is 0 Å². The first-order valence-electron chi connectivity index (χ1n) is 4.99. The van der Waals surface area contributed by atoms with E-state index in [0.717, 1.165) is 12.1 Å². The van der Waals surface area contributed by atoms with Crippen LogP contribution in [-0.2, 0) is 11.2 Å². The van der Waals surface area contributed by atoms with E-state index in [0.29, 0.717) is 10.0 Å². The summed E-state index contributed by atoms with van der Waals surface area (Å²) < 4.78 is 25.6. The number of nitrogens with zero attached hydrogens (tertiary/aromatic N) is 1. The van der Waals surface area contributed by atoms with Crippen molar-refractivity contribution in [3.8, 4) is 0 Å². The monoisotopic (exact) mass is 269 g/mol. The first-order chi connectivity index (χ1) is 8.54. The van der Waals surface area contributed by atoms with E-state index in [1.807, 2.05) is 0 Å². The predicted octanol–water partition coefficient (Wildman–Crippen LogP) is 2.18. The van der Waals surface area contributed by atoms with E-state index < -0.39 is 11.6 Å². The van der Waals surface area contributed by atoms with Gasteiger partial charge in [0.1, 0.15) is 0 Å². The number of nitrogens with one attached hydrogen (secondary N) is 1. The molecule has 0 aliphatic rings. The van der Waals surface area contributed by atoms with Gasteiger partial charge in [0.2, 0.25) is 5.91 Å². The molecule has 18 heavy (non-hydrogen) atoms. The molecule has 0 aliphatic carbocycles. The molecule has 0 atom stereocenters. The largest absolute Gasteiger partial charge is 0.375 e. The van der Waals surface area contributed by atoms with Gasteiger partial charge in [-0.15, -0.1) is 11.3 Å². The van der Waals surface area contributed by atoms with Crippen LogP contribution in [-0.4, -0.2) is 10.9 Å². The lowest BCUT2D eigenvalue weighted by Crippen LogP contribution is -2.13. The fraction of sp³-hybridized carbons (Fsp3) is 0.0909. The van der Waals surface area contributed by atoms with E-state index in [1.54, 1.807) is 0 Å². The smallest absolute Gasteiger partial charge is 0.229 e. The van der Waals surface area contributed by atoms with Crippen molar-refractivity contribution in [2.75, 3.05) is 11.1 Å². The Bertz CT molecular complexity index is 585. The molecule has 2 rings (SSSR count). The van der Waals surface area contributed by atoms with E-state index >= 15 is 0 Å². The van der Waals surface area contributed by atoms with Crippen LogP contribution >= 0.6 is 11.3 Å². The summed E-state index contributed by atoms with van der Waals surface area (Å²) in [6.07, 6.45) is 1.60. The third-order valence-electron chi connectivity index (χ3n) is 2.11. The second-order valence-corrected chi connectivity index (χ2v) is 4.67. The molecule has 2 aromatic rings. The minimum atomic E-state index is -1.00. The summed E-state index contributed by atoms with van der Waals surface area (Å²) in [6.45, 7) is 0. The first kappa shape index (κ1) is 12.4. The number of carbonyl (C=O) groups is 1. The number of rotatable bonds is 3. The minimum absolute atomic E-state index is 0.0911. The molecule has 0 aliphatic heterocycles. The molecule has 0 spiro atoms. The molecule has 1 aromatic carbocycles. The lowest BCUT2D eigenvalue weighted by Gasteiger charge is -2.04. The van der Waals surface area contributed by atoms with Crippen LogP contribution in [0.1, 0.15) is 4.88 Å². The fourth-order valence-corrected chi connectivity index (χ4v) is 2.02. The zero-order valence-electron chi connectivity index (χ0n) is 9.11. The molecule has 0 radical (unpaired) electrons. The minimum Gasteiger partial charge on any atom is -0.375 e. The molecule has 1 heterocycles. The van der Waals surface area contributed by atoms with Gasteiger partial charge in [-0.3, -0.25) is 4.79 Å². The maximum absolute atomic E-state index is 12.9. The average molecular weight is 269 g/mol. The van der Waals surface area contributed by atoms with Crippen LogP contribution in [0.4, 0.5) is 19.6 Å². The highest BCUT2D eigenvalue weighted by Crippen LogP contribution is 2.17. The highest BCUT2D eigenvalue weighted by Gasteiger charge is 2.08. The number of nitrogen functional groups attached to an aromatic ring is 1. The summed E-state index contributed by atoms with van der Waals surface area (Å²) in [5, 5.41) is 2.84. The Hall–Kier alpha value is -2.02. The van der Waals surface area contributed by atoms with Crippen LogP contribution in [0.5, 0.6) is 0 Å². The van der Waals surface area contributed by atoms with Crippen molar-refractivity contribution in [3.05, 3.63) is 40.9 Å². The Kier molecular flexibility index (Phi) is 3.52. The second kappa shape index (κ2) is 5.09. The van der Waals surface area contributed by atoms with Gasteiger partial charge in [-0.2, -0.15) is 0 Å². The fourth-order valence-electron chi connectivity index (χ4n) is 1.34. The molecular formula is C11H9F2N3OS. The van der Waals surface area contributed by atoms with Crippen molar-refractivity contribution in [2.45, 2.75) is 6.42 Å². The van der Waals surface area contributed by atoms with Crippen molar-refractivity contribution >= 4 is 28.1 Å². The standard InChI is InChI=1S/C11H9F2N3OS/c12-8-2-1-6(3-9(8)13)16-10(17)4-7-5-15-11(14)18-7/h1-3,5H,4H2,(H2,14,15)(H,16,17). The molecular weight excluding hydrogens is 260 g/mol. The lowest BCUT2D eigenvalue weighted by molar-refractivity contribution is -0.115. The molecule has 94 valence electrons. The summed E-state index contributed by atoms with van der Waals surface area (Å²) >= 11 is 1.20. The number of hydrogen-bond donors (Lipinski definition) is 2. The topological polar surface area (TPSA) is 68.0 Å². The molecule has 1 amide bonds.